The van der Waals surface area contributed by atoms with Gasteiger partial charge in [-0.05, 0) is 64.9 Å². The molecule has 0 radical (unpaired) electrons. The van der Waals surface area contributed by atoms with E-state index in [-0.39, 0.29) is 17.7 Å². The van der Waals surface area contributed by atoms with Crippen molar-refractivity contribution >= 4 is 25.7 Å². The van der Waals surface area contributed by atoms with Gasteiger partial charge in [0.05, 0.1) is 11.8 Å². The highest BCUT2D eigenvalue weighted by molar-refractivity contribution is 8.72. The number of pyridine rings is 2. The number of halogens is 5. The minimum Gasteiger partial charge on any atom is -0.452 e. The summed E-state index contributed by atoms with van der Waals surface area (Å²) in [6.45, 7) is 1.59. The summed E-state index contributed by atoms with van der Waals surface area (Å²) in [5.41, 5.74) is -0.154. The Balaban J connectivity index is 1.87. The Bertz CT molecular complexity index is 1280. The summed E-state index contributed by atoms with van der Waals surface area (Å²) in [5.74, 6) is -2.93. The highest BCUT2D eigenvalue weighted by atomic mass is 33.1. The predicted molar refractivity (Wildman–Crippen MR) is 114 cm³/mol. The number of rotatable bonds is 7. The maximum absolute atomic E-state index is 14.8. The maximum Gasteiger partial charge on any atom is 0.416 e. The van der Waals surface area contributed by atoms with Gasteiger partial charge in [0, 0.05) is 18.8 Å². The predicted octanol–water partition coefficient (Wildman–Crippen LogP) is 5.48. The number of benzene rings is 1. The van der Waals surface area contributed by atoms with Crippen molar-refractivity contribution < 1.29 is 35.1 Å². The van der Waals surface area contributed by atoms with Crippen molar-refractivity contribution in [2.24, 2.45) is 0 Å². The van der Waals surface area contributed by atoms with Gasteiger partial charge in [-0.3, -0.25) is 9.71 Å². The number of anilines is 1. The van der Waals surface area contributed by atoms with Crippen LogP contribution < -0.4 is 9.46 Å². The molecule has 2 heterocycles. The fourth-order valence-corrected chi connectivity index (χ4v) is 3.71. The summed E-state index contributed by atoms with van der Waals surface area (Å²) in [7, 11) is -3.34. The summed E-state index contributed by atoms with van der Waals surface area (Å²) < 4.78 is 98.0. The van der Waals surface area contributed by atoms with Crippen molar-refractivity contribution in [1.29, 1.82) is 0 Å². The van der Waals surface area contributed by atoms with Crippen molar-refractivity contribution in [3.63, 3.8) is 0 Å². The van der Waals surface area contributed by atoms with E-state index in [2.05, 4.69) is 9.97 Å². The van der Waals surface area contributed by atoms with Gasteiger partial charge >= 0.3 is 6.18 Å². The molecule has 3 rings (SSSR count). The van der Waals surface area contributed by atoms with Crippen molar-refractivity contribution in [1.82, 2.24) is 9.97 Å². The first-order chi connectivity index (χ1) is 15.4. The van der Waals surface area contributed by atoms with Gasteiger partial charge in [-0.1, -0.05) is 0 Å². The van der Waals surface area contributed by atoms with E-state index in [1.54, 1.807) is 6.92 Å². The molecule has 0 atom stereocenters. The first kappa shape index (κ1) is 24.7. The number of ether oxygens (including phenoxy) is 1. The summed E-state index contributed by atoms with van der Waals surface area (Å²) in [4.78, 5) is 7.67. The summed E-state index contributed by atoms with van der Waals surface area (Å²) >= 11 is 0. The maximum atomic E-state index is 14.8. The molecule has 0 aliphatic rings. The number of aromatic nitrogens is 2. The highest BCUT2D eigenvalue weighted by Gasteiger charge is 2.31. The number of nitrogens with zero attached hydrogens (tertiary/aromatic N) is 2. The fraction of sp³-hybridized carbons (Fsp3) is 0.200. The molecule has 1 aromatic carbocycles. The first-order valence-electron chi connectivity index (χ1n) is 9.11. The molecule has 6 nitrogen and oxygen atoms in total. The second kappa shape index (κ2) is 9.51. The zero-order chi connectivity index (χ0) is 24.4. The van der Waals surface area contributed by atoms with Crippen LogP contribution in [0.4, 0.5) is 27.8 Å². The summed E-state index contributed by atoms with van der Waals surface area (Å²) in [6, 6.07) is 3.23. The molecular weight excluding hydrogens is 489 g/mol. The molecule has 176 valence electrons. The van der Waals surface area contributed by atoms with Gasteiger partial charge in [-0.25, -0.2) is 13.8 Å². The van der Waals surface area contributed by atoms with Gasteiger partial charge in [0.25, 0.3) is 9.06 Å². The smallest absolute Gasteiger partial charge is 0.416 e. The Morgan fingerprint density at radius 2 is 1.82 bits per heavy atom. The highest BCUT2D eigenvalue weighted by Crippen LogP contribution is 2.34. The fourth-order valence-electron chi connectivity index (χ4n) is 2.76. The lowest BCUT2D eigenvalue weighted by Crippen LogP contribution is -2.11. The zero-order valence-corrected chi connectivity index (χ0v) is 18.7. The minimum absolute atomic E-state index is 0.0339. The molecular formula is C20H16F5N3O3S2. The van der Waals surface area contributed by atoms with Crippen molar-refractivity contribution in [2.45, 2.75) is 19.5 Å². The Hall–Kier alpha value is -2.93. The van der Waals surface area contributed by atoms with Gasteiger partial charge in [0.1, 0.15) is 5.75 Å². The average Bonchev–Trinajstić information content (AvgIpc) is 2.74. The molecule has 0 bridgehead atoms. The van der Waals surface area contributed by atoms with Crippen LogP contribution in [0.25, 0.3) is 0 Å². The molecule has 33 heavy (non-hydrogen) atoms. The molecule has 3 aromatic rings. The van der Waals surface area contributed by atoms with Gasteiger partial charge < -0.3 is 4.74 Å². The Morgan fingerprint density at radius 1 is 1.09 bits per heavy atom. The molecule has 0 spiro atoms. The normalized spacial score (nSPS) is 12.0. The molecule has 0 saturated carbocycles. The van der Waals surface area contributed by atoms with Crippen LogP contribution in [0.5, 0.6) is 11.5 Å². The molecule has 1 N–H and O–H groups in total. The monoisotopic (exact) mass is 505 g/mol. The summed E-state index contributed by atoms with van der Waals surface area (Å²) in [6.07, 6.45) is 0.470. The van der Waals surface area contributed by atoms with E-state index in [1.807, 2.05) is 4.72 Å². The van der Waals surface area contributed by atoms with Gasteiger partial charge in [-0.15, -0.1) is 0 Å². The van der Waals surface area contributed by atoms with E-state index in [0.29, 0.717) is 34.1 Å². The van der Waals surface area contributed by atoms with Gasteiger partial charge in [-0.2, -0.15) is 21.6 Å². The molecule has 0 unspecified atom stereocenters. The quantitative estimate of drug-likeness (QED) is 0.338. The van der Waals surface area contributed by atoms with Crippen LogP contribution >= 0.6 is 10.8 Å². The number of hydrogen-bond donors (Lipinski definition) is 1. The third-order valence-electron chi connectivity index (χ3n) is 4.54. The van der Waals surface area contributed by atoms with E-state index in [4.69, 9.17) is 4.74 Å². The molecule has 0 amide bonds. The molecule has 0 aliphatic carbocycles. The lowest BCUT2D eigenvalue weighted by atomic mass is 10.0. The van der Waals surface area contributed by atoms with Crippen LogP contribution in [0.1, 0.15) is 22.3 Å². The number of hydrogen-bond acceptors (Lipinski definition) is 6. The van der Waals surface area contributed by atoms with Crippen LogP contribution in [0.15, 0.2) is 42.9 Å². The third kappa shape index (κ3) is 5.90. The van der Waals surface area contributed by atoms with E-state index >= 15 is 0 Å². The SMILES string of the molecule is CSS(=O)(=O)Nc1nccc(Cc2cncc(Oc3ccc(C(F)(F)F)cc3F)c2C)c1F. The standard InChI is InChI=1S/C20H16F5N3O3S2/c1-11-13(7-12-5-6-27-19(18(12)22)28-33(29,30)32-2)9-26-10-17(11)31-16-4-3-14(8-15(16)21)20(23,24)25/h3-6,8-10H,7H2,1-2H3,(H,27,28). The van der Waals surface area contributed by atoms with Crippen LogP contribution in [-0.4, -0.2) is 24.6 Å². The second-order valence-corrected chi connectivity index (χ2v) is 10.5. The largest absolute Gasteiger partial charge is 0.452 e. The van der Waals surface area contributed by atoms with E-state index < -0.39 is 44.0 Å². The lowest BCUT2D eigenvalue weighted by Gasteiger charge is -2.14. The van der Waals surface area contributed by atoms with E-state index in [9.17, 15) is 30.4 Å². The van der Waals surface area contributed by atoms with Gasteiger partial charge in [0.15, 0.2) is 23.2 Å². The minimum atomic E-state index is -4.70. The molecule has 13 heteroatoms. The van der Waals surface area contributed by atoms with Crippen LogP contribution in [0.2, 0.25) is 0 Å². The van der Waals surface area contributed by atoms with Crippen molar-refractivity contribution in [3.8, 4) is 11.5 Å². The Morgan fingerprint density at radius 3 is 2.45 bits per heavy atom. The number of nitrogens with one attached hydrogen (secondary N) is 1. The van der Waals surface area contributed by atoms with Crippen LogP contribution in [-0.2, 0) is 21.7 Å². The number of alkyl halides is 3. The Kier molecular flexibility index (Phi) is 7.12. The lowest BCUT2D eigenvalue weighted by molar-refractivity contribution is -0.137. The second-order valence-electron chi connectivity index (χ2n) is 6.70. The van der Waals surface area contributed by atoms with Crippen molar-refractivity contribution in [2.75, 3.05) is 11.0 Å². The third-order valence-corrected chi connectivity index (χ3v) is 6.99. The molecule has 0 fully saturated rings. The van der Waals surface area contributed by atoms with Crippen LogP contribution in [0.3, 0.4) is 0 Å². The van der Waals surface area contributed by atoms with Crippen LogP contribution in [0, 0.1) is 18.6 Å². The van der Waals surface area contributed by atoms with Gasteiger partial charge in [0.2, 0.25) is 0 Å². The topological polar surface area (TPSA) is 81.2 Å². The molecule has 2 aromatic heterocycles. The molecule has 0 aliphatic heterocycles. The molecule has 0 saturated heterocycles. The summed E-state index contributed by atoms with van der Waals surface area (Å²) in [5, 5.41) is 0. The Labute approximate surface area is 189 Å². The van der Waals surface area contributed by atoms with E-state index in [1.165, 1.54) is 30.9 Å². The first-order valence-corrected chi connectivity index (χ1v) is 12.3. The average molecular weight is 505 g/mol. The zero-order valence-electron chi connectivity index (χ0n) is 17.1. The van der Waals surface area contributed by atoms with Crippen molar-refractivity contribution in [3.05, 3.63) is 76.7 Å². The van der Waals surface area contributed by atoms with E-state index in [0.717, 1.165) is 6.07 Å².